The number of nitrogens with zero attached hydrogens (tertiary/aromatic N) is 2. The van der Waals surface area contributed by atoms with E-state index in [1.54, 1.807) is 19.1 Å². The molecule has 2 aromatic heterocycles. The molecule has 106 valence electrons. The number of ether oxygens (including phenoxy) is 1. The first kappa shape index (κ1) is 13.0. The molecular weight excluding hydrogens is 274 g/mol. The van der Waals surface area contributed by atoms with E-state index in [4.69, 9.17) is 4.74 Å². The van der Waals surface area contributed by atoms with E-state index in [0.717, 1.165) is 0 Å². The van der Waals surface area contributed by atoms with Gasteiger partial charge in [-0.05, 0) is 6.92 Å². The molecule has 0 radical (unpaired) electrons. The number of carbonyl (C=O) groups excluding carboxylic acids is 1. The number of non-ortho nitro benzene ring substituents is 1. The molecule has 1 aromatic carbocycles. The Morgan fingerprint density at radius 3 is 2.95 bits per heavy atom. The van der Waals surface area contributed by atoms with Gasteiger partial charge in [-0.2, -0.15) is 0 Å². The third kappa shape index (κ3) is 1.99. The van der Waals surface area contributed by atoms with Gasteiger partial charge in [0.05, 0.1) is 28.8 Å². The third-order valence-corrected chi connectivity index (χ3v) is 3.21. The molecule has 0 aliphatic heterocycles. The molecule has 0 saturated heterocycles. The lowest BCUT2D eigenvalue weighted by Gasteiger charge is -2.02. The summed E-state index contributed by atoms with van der Waals surface area (Å²) in [7, 11) is 0. The summed E-state index contributed by atoms with van der Waals surface area (Å²) in [6, 6.07) is 4.72. The van der Waals surface area contributed by atoms with Gasteiger partial charge in [-0.1, -0.05) is 12.1 Å². The lowest BCUT2D eigenvalue weighted by molar-refractivity contribution is -0.383. The van der Waals surface area contributed by atoms with Crippen LogP contribution in [0.2, 0.25) is 0 Å². The standard InChI is InChI=1S/C14H11N3O4/c1-2-21-14(18)9-6-15-7-10-12(9)8-4-3-5-11(17(19)20)13(8)16-10/h3-7,16H,2H2,1H3. The topological polar surface area (TPSA) is 98.1 Å². The van der Waals surface area contributed by atoms with Crippen molar-refractivity contribution >= 4 is 33.5 Å². The van der Waals surface area contributed by atoms with Crippen LogP contribution in [0.1, 0.15) is 17.3 Å². The van der Waals surface area contributed by atoms with Crippen molar-refractivity contribution in [2.75, 3.05) is 6.61 Å². The Morgan fingerprint density at radius 1 is 1.43 bits per heavy atom. The zero-order valence-corrected chi connectivity index (χ0v) is 11.1. The molecule has 0 atom stereocenters. The quantitative estimate of drug-likeness (QED) is 0.453. The van der Waals surface area contributed by atoms with Crippen molar-refractivity contribution in [2.24, 2.45) is 0 Å². The van der Waals surface area contributed by atoms with Crippen molar-refractivity contribution < 1.29 is 14.5 Å². The minimum atomic E-state index is -0.497. The van der Waals surface area contributed by atoms with Crippen LogP contribution in [0.4, 0.5) is 5.69 Å². The first-order valence-electron chi connectivity index (χ1n) is 6.33. The first-order valence-corrected chi connectivity index (χ1v) is 6.33. The molecule has 0 amide bonds. The number of aromatic nitrogens is 2. The minimum absolute atomic E-state index is 0.0430. The Balaban J connectivity index is 2.38. The van der Waals surface area contributed by atoms with E-state index < -0.39 is 10.9 Å². The van der Waals surface area contributed by atoms with Gasteiger partial charge in [0.2, 0.25) is 0 Å². The predicted octanol–water partition coefficient (Wildman–Crippen LogP) is 2.80. The highest BCUT2D eigenvalue weighted by Crippen LogP contribution is 2.33. The molecule has 0 fully saturated rings. The van der Waals surface area contributed by atoms with Crippen molar-refractivity contribution in [1.82, 2.24) is 9.97 Å². The van der Waals surface area contributed by atoms with Gasteiger partial charge in [0.15, 0.2) is 0 Å². The highest BCUT2D eigenvalue weighted by atomic mass is 16.6. The summed E-state index contributed by atoms with van der Waals surface area (Å²) in [5.41, 5.74) is 1.18. The second kappa shape index (κ2) is 4.86. The van der Waals surface area contributed by atoms with Gasteiger partial charge in [-0.15, -0.1) is 0 Å². The second-order valence-corrected chi connectivity index (χ2v) is 4.41. The molecule has 2 heterocycles. The van der Waals surface area contributed by atoms with Gasteiger partial charge < -0.3 is 9.72 Å². The lowest BCUT2D eigenvalue weighted by Crippen LogP contribution is -2.05. The smallest absolute Gasteiger partial charge is 0.340 e. The first-order chi connectivity index (χ1) is 10.1. The van der Waals surface area contributed by atoms with E-state index in [1.165, 1.54) is 18.5 Å². The van der Waals surface area contributed by atoms with Gasteiger partial charge in [-0.25, -0.2) is 4.79 Å². The van der Waals surface area contributed by atoms with Crippen molar-refractivity contribution in [1.29, 1.82) is 0 Å². The monoisotopic (exact) mass is 285 g/mol. The number of H-pyrrole nitrogens is 1. The molecule has 0 spiro atoms. The van der Waals surface area contributed by atoms with E-state index in [-0.39, 0.29) is 12.3 Å². The zero-order valence-electron chi connectivity index (χ0n) is 11.1. The molecule has 0 bridgehead atoms. The highest BCUT2D eigenvalue weighted by molar-refractivity contribution is 6.17. The number of esters is 1. The van der Waals surface area contributed by atoms with E-state index in [0.29, 0.717) is 27.4 Å². The second-order valence-electron chi connectivity index (χ2n) is 4.41. The maximum Gasteiger partial charge on any atom is 0.340 e. The van der Waals surface area contributed by atoms with Gasteiger partial charge in [0.1, 0.15) is 5.52 Å². The minimum Gasteiger partial charge on any atom is -0.462 e. The van der Waals surface area contributed by atoms with Crippen molar-refractivity contribution in [3.8, 4) is 0 Å². The maximum absolute atomic E-state index is 12.0. The lowest BCUT2D eigenvalue weighted by atomic mass is 10.1. The number of benzene rings is 1. The number of fused-ring (bicyclic) bond motifs is 3. The molecule has 7 heteroatoms. The number of rotatable bonds is 3. The van der Waals surface area contributed by atoms with Crippen LogP contribution in [0, 0.1) is 10.1 Å². The number of pyridine rings is 1. The fraction of sp³-hybridized carbons (Fsp3) is 0.143. The largest absolute Gasteiger partial charge is 0.462 e. The fourth-order valence-corrected chi connectivity index (χ4v) is 2.38. The van der Waals surface area contributed by atoms with Gasteiger partial charge in [0.25, 0.3) is 5.69 Å². The summed E-state index contributed by atoms with van der Waals surface area (Å²) in [4.78, 5) is 29.6. The Labute approximate surface area is 118 Å². The normalized spacial score (nSPS) is 10.9. The number of hydrogen-bond acceptors (Lipinski definition) is 5. The molecule has 21 heavy (non-hydrogen) atoms. The van der Waals surface area contributed by atoms with Crippen molar-refractivity contribution in [2.45, 2.75) is 6.92 Å². The maximum atomic E-state index is 12.0. The molecule has 3 aromatic rings. The Hall–Kier alpha value is -2.96. The van der Waals surface area contributed by atoms with Crippen LogP contribution in [0.15, 0.2) is 30.6 Å². The summed E-state index contributed by atoms with van der Waals surface area (Å²) >= 11 is 0. The number of hydrogen-bond donors (Lipinski definition) is 1. The molecule has 3 rings (SSSR count). The van der Waals surface area contributed by atoms with E-state index >= 15 is 0 Å². The summed E-state index contributed by atoms with van der Waals surface area (Å²) in [5, 5.41) is 12.3. The summed E-state index contributed by atoms with van der Waals surface area (Å²) in [6.45, 7) is 1.96. The van der Waals surface area contributed by atoms with Gasteiger partial charge in [-0.3, -0.25) is 15.1 Å². The SMILES string of the molecule is CCOC(=O)c1cncc2[nH]c3c([N+](=O)[O-])cccc3c12. The van der Waals surface area contributed by atoms with Crippen LogP contribution in [0.3, 0.4) is 0 Å². The molecule has 0 unspecified atom stereocenters. The van der Waals surface area contributed by atoms with Crippen LogP contribution in [-0.2, 0) is 4.74 Å². The summed E-state index contributed by atoms with van der Waals surface area (Å²) in [5.74, 6) is -0.497. The van der Waals surface area contributed by atoms with Crippen LogP contribution in [0.5, 0.6) is 0 Å². The van der Waals surface area contributed by atoms with Crippen molar-refractivity contribution in [3.63, 3.8) is 0 Å². The number of aromatic amines is 1. The molecule has 0 saturated carbocycles. The number of para-hydroxylation sites is 1. The van der Waals surface area contributed by atoms with Crippen LogP contribution >= 0.6 is 0 Å². The highest BCUT2D eigenvalue weighted by Gasteiger charge is 2.20. The molecule has 0 aliphatic carbocycles. The number of nitro benzene ring substituents is 1. The predicted molar refractivity (Wildman–Crippen MR) is 76.2 cm³/mol. The van der Waals surface area contributed by atoms with Crippen LogP contribution in [-0.4, -0.2) is 27.5 Å². The average molecular weight is 285 g/mol. The Bertz CT molecular complexity index is 869. The Kier molecular flexibility index (Phi) is 3.02. The van der Waals surface area contributed by atoms with Crippen LogP contribution in [0.25, 0.3) is 21.8 Å². The third-order valence-electron chi connectivity index (χ3n) is 3.21. The number of nitro groups is 1. The number of nitrogens with one attached hydrogen (secondary N) is 1. The van der Waals surface area contributed by atoms with Crippen molar-refractivity contribution in [3.05, 3.63) is 46.3 Å². The van der Waals surface area contributed by atoms with Gasteiger partial charge in [0, 0.05) is 23.0 Å². The Morgan fingerprint density at radius 2 is 2.24 bits per heavy atom. The van der Waals surface area contributed by atoms with E-state index in [1.807, 2.05) is 0 Å². The summed E-state index contributed by atoms with van der Waals surface area (Å²) < 4.78 is 5.01. The summed E-state index contributed by atoms with van der Waals surface area (Å²) in [6.07, 6.45) is 2.94. The number of carbonyl (C=O) groups is 1. The van der Waals surface area contributed by atoms with Crippen LogP contribution < -0.4 is 0 Å². The van der Waals surface area contributed by atoms with Gasteiger partial charge >= 0.3 is 5.97 Å². The molecule has 0 aliphatic rings. The van der Waals surface area contributed by atoms with E-state index in [9.17, 15) is 14.9 Å². The zero-order chi connectivity index (χ0) is 15.0. The molecule has 1 N–H and O–H groups in total. The van der Waals surface area contributed by atoms with E-state index in [2.05, 4.69) is 9.97 Å². The fourth-order valence-electron chi connectivity index (χ4n) is 2.38. The molecular formula is C14H11N3O4. The average Bonchev–Trinajstić information content (AvgIpc) is 2.85. The molecule has 7 nitrogen and oxygen atoms in total.